The van der Waals surface area contributed by atoms with Gasteiger partial charge in [0.2, 0.25) is 5.89 Å². The number of anilines is 1. The van der Waals surface area contributed by atoms with Gasteiger partial charge in [0.05, 0.1) is 4.92 Å². The highest BCUT2D eigenvalue weighted by molar-refractivity contribution is 7.80. The molecule has 9 heteroatoms. The molecule has 0 radical (unpaired) electrons. The number of aromatic nitrogens is 1. The summed E-state index contributed by atoms with van der Waals surface area (Å²) < 4.78 is 5.92. The van der Waals surface area contributed by atoms with Crippen LogP contribution >= 0.6 is 12.2 Å². The molecule has 8 nitrogen and oxygen atoms in total. The Kier molecular flexibility index (Phi) is 6.88. The number of carbonyl (C=O) groups excluding carboxylic acids is 1. The first kappa shape index (κ1) is 24.0. The number of oxazole rings is 1. The fourth-order valence-electron chi connectivity index (χ4n) is 3.71. The molecule has 0 saturated carbocycles. The molecule has 4 aromatic rings. The second kappa shape index (κ2) is 10.0. The summed E-state index contributed by atoms with van der Waals surface area (Å²) in [5.74, 6) is 0.448. The van der Waals surface area contributed by atoms with Gasteiger partial charge in [-0.25, -0.2) is 4.98 Å². The third-order valence-electron chi connectivity index (χ3n) is 5.96. The van der Waals surface area contributed by atoms with E-state index in [-0.39, 0.29) is 21.9 Å². The molecule has 1 amide bonds. The molecule has 35 heavy (non-hydrogen) atoms. The van der Waals surface area contributed by atoms with Crippen molar-refractivity contribution >= 4 is 45.7 Å². The highest BCUT2D eigenvalue weighted by Gasteiger charge is 2.18. The normalized spacial score (nSPS) is 11.7. The van der Waals surface area contributed by atoms with E-state index in [1.54, 1.807) is 12.1 Å². The molecule has 1 atom stereocenters. The van der Waals surface area contributed by atoms with Crippen molar-refractivity contribution in [2.45, 2.75) is 33.1 Å². The molecule has 4 rings (SSSR count). The van der Waals surface area contributed by atoms with Crippen LogP contribution in [0.4, 0.5) is 11.4 Å². The summed E-state index contributed by atoms with van der Waals surface area (Å²) in [5, 5.41) is 16.7. The van der Waals surface area contributed by atoms with Gasteiger partial charge in [-0.1, -0.05) is 26.0 Å². The largest absolute Gasteiger partial charge is 0.436 e. The van der Waals surface area contributed by atoms with Crippen molar-refractivity contribution in [2.75, 3.05) is 5.32 Å². The first-order chi connectivity index (χ1) is 16.8. The van der Waals surface area contributed by atoms with Gasteiger partial charge in [-0.15, -0.1) is 0 Å². The van der Waals surface area contributed by atoms with E-state index in [1.165, 1.54) is 30.7 Å². The highest BCUT2D eigenvalue weighted by atomic mass is 32.1. The van der Waals surface area contributed by atoms with E-state index in [4.69, 9.17) is 16.6 Å². The standard InChI is InChI=1S/C26H24N4O4S/c1-4-15(2)18-10-13-23-21(14-18)28-25(34-23)17-8-11-19(12-9-17)27-26(35)29-24(31)20-6-5-7-22(16(20)3)30(32)33/h5-15H,4H2,1-3H3,(H2,27,29,31,35)/t15-/m0/s1. The predicted molar refractivity (Wildman–Crippen MR) is 140 cm³/mol. The second-order valence-corrected chi connectivity index (χ2v) is 8.66. The lowest BCUT2D eigenvalue weighted by molar-refractivity contribution is -0.385. The number of amides is 1. The number of rotatable bonds is 6. The number of carbonyl (C=O) groups is 1. The van der Waals surface area contributed by atoms with E-state index in [2.05, 4.69) is 41.6 Å². The van der Waals surface area contributed by atoms with Crippen LogP contribution in [0.1, 0.15) is 47.7 Å². The number of benzene rings is 3. The van der Waals surface area contributed by atoms with E-state index in [0.29, 0.717) is 17.5 Å². The van der Waals surface area contributed by atoms with Crippen LogP contribution < -0.4 is 10.6 Å². The van der Waals surface area contributed by atoms with Gasteiger partial charge in [-0.3, -0.25) is 20.2 Å². The van der Waals surface area contributed by atoms with Crippen molar-refractivity contribution in [1.82, 2.24) is 10.3 Å². The van der Waals surface area contributed by atoms with Gasteiger partial charge in [0.25, 0.3) is 11.6 Å². The van der Waals surface area contributed by atoms with Crippen molar-refractivity contribution in [3.8, 4) is 11.5 Å². The zero-order valence-corrected chi connectivity index (χ0v) is 20.3. The molecule has 0 aliphatic carbocycles. The molecule has 0 bridgehead atoms. The van der Waals surface area contributed by atoms with E-state index < -0.39 is 10.8 Å². The highest BCUT2D eigenvalue weighted by Crippen LogP contribution is 2.28. The van der Waals surface area contributed by atoms with Gasteiger partial charge in [0, 0.05) is 28.4 Å². The number of hydrogen-bond donors (Lipinski definition) is 2. The van der Waals surface area contributed by atoms with Crippen LogP contribution in [0.2, 0.25) is 0 Å². The zero-order chi connectivity index (χ0) is 25.1. The number of fused-ring (bicyclic) bond motifs is 1. The molecule has 1 aromatic heterocycles. The second-order valence-electron chi connectivity index (χ2n) is 8.25. The van der Waals surface area contributed by atoms with Crippen LogP contribution in [0, 0.1) is 17.0 Å². The number of hydrogen-bond acceptors (Lipinski definition) is 6. The lowest BCUT2D eigenvalue weighted by atomic mass is 9.98. The lowest BCUT2D eigenvalue weighted by Crippen LogP contribution is -2.34. The summed E-state index contributed by atoms with van der Waals surface area (Å²) in [6, 6.07) is 17.7. The maximum Gasteiger partial charge on any atom is 0.273 e. The predicted octanol–water partition coefficient (Wildman–Crippen LogP) is 6.35. The molecule has 0 unspecified atom stereocenters. The van der Waals surface area contributed by atoms with Crippen molar-refractivity contribution in [2.24, 2.45) is 0 Å². The minimum absolute atomic E-state index is 0.0769. The first-order valence-corrected chi connectivity index (χ1v) is 11.5. The van der Waals surface area contributed by atoms with Crippen LogP contribution in [-0.2, 0) is 0 Å². The van der Waals surface area contributed by atoms with Crippen molar-refractivity contribution in [3.63, 3.8) is 0 Å². The van der Waals surface area contributed by atoms with Gasteiger partial charge in [-0.2, -0.15) is 0 Å². The molecule has 3 aromatic carbocycles. The van der Waals surface area contributed by atoms with E-state index in [0.717, 1.165) is 23.1 Å². The smallest absolute Gasteiger partial charge is 0.273 e. The van der Waals surface area contributed by atoms with Crippen LogP contribution in [0.25, 0.3) is 22.6 Å². The summed E-state index contributed by atoms with van der Waals surface area (Å²) in [7, 11) is 0. The molecular weight excluding hydrogens is 464 g/mol. The SMILES string of the molecule is CC[C@H](C)c1ccc2oc(-c3ccc(NC(=S)NC(=O)c4cccc([N+](=O)[O-])c4C)cc3)nc2c1. The molecule has 0 saturated heterocycles. The van der Waals surface area contributed by atoms with E-state index in [1.807, 2.05) is 18.2 Å². The Hall–Kier alpha value is -4.11. The van der Waals surface area contributed by atoms with Crippen LogP contribution in [-0.4, -0.2) is 20.9 Å². The lowest BCUT2D eigenvalue weighted by Gasteiger charge is -2.11. The van der Waals surface area contributed by atoms with Crippen molar-refractivity contribution in [3.05, 3.63) is 87.5 Å². The monoisotopic (exact) mass is 488 g/mol. The fraction of sp³-hybridized carbons (Fsp3) is 0.192. The Morgan fingerprint density at radius 2 is 1.91 bits per heavy atom. The van der Waals surface area contributed by atoms with Gasteiger partial charge >= 0.3 is 0 Å². The van der Waals surface area contributed by atoms with Crippen LogP contribution in [0.5, 0.6) is 0 Å². The molecule has 0 spiro atoms. The number of thiocarbonyl (C=S) groups is 1. The van der Waals surface area contributed by atoms with Crippen LogP contribution in [0.15, 0.2) is 65.1 Å². The van der Waals surface area contributed by atoms with E-state index in [9.17, 15) is 14.9 Å². The molecular formula is C26H24N4O4S. The molecule has 2 N–H and O–H groups in total. The number of nitrogens with zero attached hydrogens (tertiary/aromatic N) is 2. The molecule has 178 valence electrons. The maximum atomic E-state index is 12.6. The quantitative estimate of drug-likeness (QED) is 0.185. The summed E-state index contributed by atoms with van der Waals surface area (Å²) in [4.78, 5) is 27.8. The Morgan fingerprint density at radius 1 is 1.17 bits per heavy atom. The Balaban J connectivity index is 1.44. The topological polar surface area (TPSA) is 110 Å². The zero-order valence-electron chi connectivity index (χ0n) is 19.5. The number of nitro groups is 1. The average molecular weight is 489 g/mol. The molecule has 0 fully saturated rings. The average Bonchev–Trinajstić information content (AvgIpc) is 3.27. The Bertz CT molecular complexity index is 1430. The van der Waals surface area contributed by atoms with Crippen molar-refractivity contribution < 1.29 is 14.1 Å². The van der Waals surface area contributed by atoms with Gasteiger partial charge in [0.15, 0.2) is 10.7 Å². The third kappa shape index (κ3) is 5.20. The molecule has 1 heterocycles. The maximum absolute atomic E-state index is 12.6. The minimum Gasteiger partial charge on any atom is -0.436 e. The fourth-order valence-corrected chi connectivity index (χ4v) is 3.92. The number of nitro benzene ring substituents is 1. The molecule has 0 aliphatic heterocycles. The molecule has 0 aliphatic rings. The van der Waals surface area contributed by atoms with Crippen LogP contribution in [0.3, 0.4) is 0 Å². The van der Waals surface area contributed by atoms with Gasteiger partial charge < -0.3 is 9.73 Å². The van der Waals surface area contributed by atoms with E-state index >= 15 is 0 Å². The Labute approximate surface area is 207 Å². The third-order valence-corrected chi connectivity index (χ3v) is 6.16. The van der Waals surface area contributed by atoms with Crippen molar-refractivity contribution in [1.29, 1.82) is 0 Å². The summed E-state index contributed by atoms with van der Waals surface area (Å²) in [5.41, 5.74) is 4.58. The Morgan fingerprint density at radius 3 is 2.60 bits per heavy atom. The minimum atomic E-state index is -0.524. The number of nitrogens with one attached hydrogen (secondary N) is 2. The van der Waals surface area contributed by atoms with Gasteiger partial charge in [0.1, 0.15) is 5.52 Å². The van der Waals surface area contributed by atoms with Gasteiger partial charge in [-0.05, 0) is 79.5 Å². The summed E-state index contributed by atoms with van der Waals surface area (Å²) in [6.07, 6.45) is 1.05. The first-order valence-electron chi connectivity index (χ1n) is 11.1. The summed E-state index contributed by atoms with van der Waals surface area (Å²) >= 11 is 5.25. The summed E-state index contributed by atoms with van der Waals surface area (Å²) in [6.45, 7) is 5.87.